The summed E-state index contributed by atoms with van der Waals surface area (Å²) in [5.74, 6) is 0.342. The van der Waals surface area contributed by atoms with Gasteiger partial charge in [-0.3, -0.25) is 0 Å². The van der Waals surface area contributed by atoms with E-state index in [0.717, 1.165) is 51.1 Å². The number of nitrogens with zero attached hydrogens (tertiary/aromatic N) is 1. The first-order valence-corrected chi connectivity index (χ1v) is 11.4. The van der Waals surface area contributed by atoms with Crippen molar-refractivity contribution in [2.45, 2.75) is 37.2 Å². The Balaban J connectivity index is 0.00000245. The summed E-state index contributed by atoms with van der Waals surface area (Å²) in [6.07, 6.45) is 3.22. The average molecular weight is 452 g/mol. The van der Waals surface area contributed by atoms with Crippen molar-refractivity contribution in [1.82, 2.24) is 4.90 Å². The fraction of sp³-hybridized carbons (Fsp3) is 0.357. The lowest BCUT2D eigenvalue weighted by Crippen LogP contribution is -2.42. The van der Waals surface area contributed by atoms with Crippen LogP contribution in [0.4, 0.5) is 4.39 Å². The summed E-state index contributed by atoms with van der Waals surface area (Å²) in [6.45, 7) is 4.60. The second-order valence-corrected chi connectivity index (χ2v) is 9.02. The molecule has 2 aliphatic rings. The molecule has 1 saturated heterocycles. The van der Waals surface area contributed by atoms with Crippen LogP contribution in [0.5, 0.6) is 0 Å². The Bertz CT molecular complexity index is 1020. The molecule has 0 aromatic heterocycles. The molecule has 0 bridgehead atoms. The van der Waals surface area contributed by atoms with Crippen LogP contribution in [0.25, 0.3) is 0 Å². The molecule has 3 aromatic carbocycles. The Kier molecular flexibility index (Phi) is 7.30. The standard InChI is InChI=1S/C28H30FNO.ClH/c29-26-11-6-8-23(19-26)22-13-16-30(17-14-22)18-15-28(25-9-2-1-3-10-25)21-31-20-24-7-4-5-12-27(24)28;/h1-12,19,22H,13-18,20-21H2;1H. The van der Waals surface area contributed by atoms with Gasteiger partial charge in [0.15, 0.2) is 0 Å². The summed E-state index contributed by atoms with van der Waals surface area (Å²) < 4.78 is 19.8. The zero-order chi connectivity index (χ0) is 21.1. The van der Waals surface area contributed by atoms with Crippen molar-refractivity contribution in [1.29, 1.82) is 0 Å². The van der Waals surface area contributed by atoms with E-state index in [1.54, 1.807) is 6.07 Å². The zero-order valence-electron chi connectivity index (χ0n) is 18.4. The van der Waals surface area contributed by atoms with Gasteiger partial charge in [0.2, 0.25) is 0 Å². The van der Waals surface area contributed by atoms with Crippen molar-refractivity contribution in [3.05, 3.63) is 107 Å². The van der Waals surface area contributed by atoms with Crippen LogP contribution in [0.15, 0.2) is 78.9 Å². The van der Waals surface area contributed by atoms with Crippen molar-refractivity contribution in [2.75, 3.05) is 26.2 Å². The molecule has 0 aliphatic carbocycles. The highest BCUT2D eigenvalue weighted by Crippen LogP contribution is 2.41. The Hall–Kier alpha value is -2.20. The molecule has 0 N–H and O–H groups in total. The molecule has 0 radical (unpaired) electrons. The van der Waals surface area contributed by atoms with Crippen molar-refractivity contribution < 1.29 is 9.13 Å². The topological polar surface area (TPSA) is 12.5 Å². The Morgan fingerprint density at radius 1 is 0.906 bits per heavy atom. The third kappa shape index (κ3) is 4.61. The first kappa shape index (κ1) is 23.0. The highest BCUT2D eigenvalue weighted by atomic mass is 35.5. The molecule has 2 heterocycles. The van der Waals surface area contributed by atoms with Crippen molar-refractivity contribution in [2.24, 2.45) is 0 Å². The first-order valence-electron chi connectivity index (χ1n) is 11.4. The van der Waals surface area contributed by atoms with Gasteiger partial charge < -0.3 is 9.64 Å². The molecule has 0 spiro atoms. The lowest BCUT2D eigenvalue weighted by Gasteiger charge is -2.42. The molecule has 0 saturated carbocycles. The largest absolute Gasteiger partial charge is 0.375 e. The number of hydrogen-bond acceptors (Lipinski definition) is 2. The van der Waals surface area contributed by atoms with Gasteiger partial charge in [-0.05, 0) is 79.2 Å². The number of halogens is 2. The van der Waals surface area contributed by atoms with E-state index in [9.17, 15) is 4.39 Å². The van der Waals surface area contributed by atoms with Crippen LogP contribution in [-0.4, -0.2) is 31.1 Å². The molecule has 5 rings (SSSR count). The molecule has 2 aliphatic heterocycles. The number of fused-ring (bicyclic) bond motifs is 1. The van der Waals surface area contributed by atoms with Gasteiger partial charge in [0.25, 0.3) is 0 Å². The monoisotopic (exact) mass is 451 g/mol. The normalized spacial score (nSPS) is 21.5. The molecule has 32 heavy (non-hydrogen) atoms. The molecular formula is C28H31ClFNO. The van der Waals surface area contributed by atoms with Crippen LogP contribution in [0.3, 0.4) is 0 Å². The van der Waals surface area contributed by atoms with Crippen LogP contribution in [-0.2, 0) is 16.8 Å². The van der Waals surface area contributed by atoms with Gasteiger partial charge in [-0.15, -0.1) is 12.4 Å². The molecule has 1 atom stereocenters. The van der Waals surface area contributed by atoms with E-state index >= 15 is 0 Å². The molecule has 0 amide bonds. The Morgan fingerprint density at radius 3 is 2.44 bits per heavy atom. The quantitative estimate of drug-likeness (QED) is 0.449. The lowest BCUT2D eigenvalue weighted by atomic mass is 9.70. The Labute approximate surface area is 196 Å². The number of piperidine rings is 1. The van der Waals surface area contributed by atoms with Gasteiger partial charge in [0, 0.05) is 5.41 Å². The molecular weight excluding hydrogens is 421 g/mol. The second-order valence-electron chi connectivity index (χ2n) is 9.02. The Morgan fingerprint density at radius 2 is 1.66 bits per heavy atom. The van der Waals surface area contributed by atoms with Gasteiger partial charge in [0.05, 0.1) is 13.2 Å². The molecule has 168 valence electrons. The fourth-order valence-electron chi connectivity index (χ4n) is 5.47. The van der Waals surface area contributed by atoms with Crippen LogP contribution < -0.4 is 0 Å². The average Bonchev–Trinajstić information content (AvgIpc) is 2.83. The van der Waals surface area contributed by atoms with E-state index in [0.29, 0.717) is 12.5 Å². The minimum absolute atomic E-state index is 0. The molecule has 2 nitrogen and oxygen atoms in total. The molecule has 4 heteroatoms. The number of ether oxygens (including phenoxy) is 1. The predicted octanol–water partition coefficient (Wildman–Crippen LogP) is 6.33. The fourth-order valence-corrected chi connectivity index (χ4v) is 5.47. The van der Waals surface area contributed by atoms with Gasteiger partial charge in [0.1, 0.15) is 5.82 Å². The summed E-state index contributed by atoms with van der Waals surface area (Å²) in [5, 5.41) is 0. The zero-order valence-corrected chi connectivity index (χ0v) is 19.2. The maximum Gasteiger partial charge on any atom is 0.123 e. The van der Waals surface area contributed by atoms with E-state index in [4.69, 9.17) is 4.74 Å². The van der Waals surface area contributed by atoms with Crippen LogP contribution in [0, 0.1) is 5.82 Å². The molecule has 3 aromatic rings. The maximum absolute atomic E-state index is 13.6. The SMILES string of the molecule is Cl.Fc1cccc(C2CCN(CCC3(c4ccccc4)COCc4ccccc43)CC2)c1. The lowest BCUT2D eigenvalue weighted by molar-refractivity contribution is 0.0561. The van der Waals surface area contributed by atoms with E-state index < -0.39 is 0 Å². The third-order valence-corrected chi connectivity index (χ3v) is 7.23. The van der Waals surface area contributed by atoms with E-state index in [1.807, 2.05) is 6.07 Å². The smallest absolute Gasteiger partial charge is 0.123 e. The summed E-state index contributed by atoms with van der Waals surface area (Å²) in [6, 6.07) is 26.8. The van der Waals surface area contributed by atoms with E-state index in [-0.39, 0.29) is 23.6 Å². The van der Waals surface area contributed by atoms with E-state index in [2.05, 4.69) is 65.6 Å². The highest BCUT2D eigenvalue weighted by molar-refractivity contribution is 5.85. The second kappa shape index (κ2) is 10.2. The summed E-state index contributed by atoms with van der Waals surface area (Å²) in [5.41, 5.74) is 5.12. The number of rotatable bonds is 5. The number of hydrogen-bond donors (Lipinski definition) is 0. The van der Waals surface area contributed by atoms with Crippen molar-refractivity contribution in [3.8, 4) is 0 Å². The minimum atomic E-state index is -0.124. The van der Waals surface area contributed by atoms with Crippen molar-refractivity contribution in [3.63, 3.8) is 0 Å². The van der Waals surface area contributed by atoms with Crippen LogP contribution >= 0.6 is 12.4 Å². The van der Waals surface area contributed by atoms with E-state index in [1.165, 1.54) is 22.8 Å². The number of likely N-dealkylation sites (tertiary alicyclic amines) is 1. The molecule has 1 unspecified atom stereocenters. The van der Waals surface area contributed by atoms with Crippen molar-refractivity contribution >= 4 is 12.4 Å². The third-order valence-electron chi connectivity index (χ3n) is 7.23. The summed E-state index contributed by atoms with van der Waals surface area (Å²) in [7, 11) is 0. The summed E-state index contributed by atoms with van der Waals surface area (Å²) >= 11 is 0. The van der Waals surface area contributed by atoms with Gasteiger partial charge in [-0.2, -0.15) is 0 Å². The summed E-state index contributed by atoms with van der Waals surface area (Å²) in [4.78, 5) is 2.58. The van der Waals surface area contributed by atoms with Crippen LogP contribution in [0.2, 0.25) is 0 Å². The maximum atomic E-state index is 13.6. The van der Waals surface area contributed by atoms with Gasteiger partial charge in [-0.25, -0.2) is 4.39 Å². The predicted molar refractivity (Wildman–Crippen MR) is 130 cm³/mol. The number of benzene rings is 3. The molecule has 1 fully saturated rings. The first-order chi connectivity index (χ1) is 15.2. The van der Waals surface area contributed by atoms with Gasteiger partial charge in [-0.1, -0.05) is 66.7 Å². The van der Waals surface area contributed by atoms with Crippen LogP contribution in [0.1, 0.15) is 47.4 Å². The minimum Gasteiger partial charge on any atom is -0.375 e. The highest BCUT2D eigenvalue weighted by Gasteiger charge is 2.39. The van der Waals surface area contributed by atoms with Gasteiger partial charge >= 0.3 is 0 Å².